The Hall–Kier alpha value is -3.64. The molecule has 6 nitrogen and oxygen atoms in total. The van der Waals surface area contributed by atoms with Crippen LogP contribution in [-0.2, 0) is 6.54 Å². The fourth-order valence-electron chi connectivity index (χ4n) is 4.17. The predicted octanol–water partition coefficient (Wildman–Crippen LogP) is 5.19. The summed E-state index contributed by atoms with van der Waals surface area (Å²) >= 11 is 0. The molecule has 6 heteroatoms. The number of anilines is 1. The first-order valence-corrected chi connectivity index (χ1v) is 10.5. The fourth-order valence-corrected chi connectivity index (χ4v) is 4.17. The minimum atomic E-state index is 0.342. The van der Waals surface area contributed by atoms with Crippen LogP contribution >= 0.6 is 0 Å². The number of fused-ring (bicyclic) bond motifs is 2. The van der Waals surface area contributed by atoms with Gasteiger partial charge in [0.15, 0.2) is 5.65 Å². The molecule has 4 N–H and O–H groups in total. The molecule has 5 rings (SSSR count). The van der Waals surface area contributed by atoms with Crippen molar-refractivity contribution in [2.75, 3.05) is 12.8 Å². The van der Waals surface area contributed by atoms with Gasteiger partial charge in [-0.2, -0.15) is 0 Å². The van der Waals surface area contributed by atoms with Crippen LogP contribution in [0.2, 0.25) is 0 Å². The summed E-state index contributed by atoms with van der Waals surface area (Å²) < 4.78 is 0. The van der Waals surface area contributed by atoms with Gasteiger partial charge in [0.1, 0.15) is 17.2 Å². The molecule has 0 aliphatic heterocycles. The fraction of sp³-hybridized carbons (Fsp3) is 0.200. The van der Waals surface area contributed by atoms with Crippen LogP contribution in [-0.4, -0.2) is 31.9 Å². The minimum Gasteiger partial charge on any atom is -0.384 e. The molecule has 156 valence electrons. The van der Waals surface area contributed by atoms with Crippen molar-refractivity contribution < 1.29 is 0 Å². The Morgan fingerprint density at radius 1 is 1.00 bits per heavy atom. The van der Waals surface area contributed by atoms with E-state index in [-0.39, 0.29) is 0 Å². The summed E-state index contributed by atoms with van der Waals surface area (Å²) in [4.78, 5) is 18.0. The quantitative estimate of drug-likeness (QED) is 0.372. The van der Waals surface area contributed by atoms with Gasteiger partial charge < -0.3 is 15.7 Å². The topological polar surface area (TPSA) is 86.6 Å². The predicted molar refractivity (Wildman–Crippen MR) is 127 cm³/mol. The third-order valence-corrected chi connectivity index (χ3v) is 5.94. The summed E-state index contributed by atoms with van der Waals surface area (Å²) in [5.74, 6) is 1.30. The molecule has 2 aromatic carbocycles. The monoisotopic (exact) mass is 410 g/mol. The number of nitrogen functional groups attached to an aromatic ring is 1. The molecule has 0 amide bonds. The van der Waals surface area contributed by atoms with Gasteiger partial charge in [-0.25, -0.2) is 9.97 Å². The van der Waals surface area contributed by atoms with E-state index in [0.29, 0.717) is 17.5 Å². The van der Waals surface area contributed by atoms with Gasteiger partial charge in [0.05, 0.1) is 0 Å². The number of nitrogens with zero attached hydrogens (tertiary/aromatic N) is 3. The molecule has 0 saturated heterocycles. The second-order valence-corrected chi connectivity index (χ2v) is 8.22. The minimum absolute atomic E-state index is 0.342. The Balaban J connectivity index is 1.46. The van der Waals surface area contributed by atoms with Gasteiger partial charge in [-0.1, -0.05) is 36.4 Å². The van der Waals surface area contributed by atoms with Crippen molar-refractivity contribution in [2.24, 2.45) is 0 Å². The van der Waals surface area contributed by atoms with Crippen LogP contribution in [0, 0.1) is 6.92 Å². The average Bonchev–Trinajstić information content (AvgIpc) is 3.35. The Labute approximate surface area is 181 Å². The largest absolute Gasteiger partial charge is 0.384 e. The van der Waals surface area contributed by atoms with Gasteiger partial charge in [0, 0.05) is 34.7 Å². The highest BCUT2D eigenvalue weighted by atomic mass is 15.1. The number of aromatic amines is 2. The molecular formula is C25H26N6. The lowest BCUT2D eigenvalue weighted by Crippen LogP contribution is -2.21. The molecule has 3 aromatic heterocycles. The zero-order valence-corrected chi connectivity index (χ0v) is 18.0. The van der Waals surface area contributed by atoms with E-state index >= 15 is 0 Å². The number of hydrogen-bond acceptors (Lipinski definition) is 4. The Kier molecular flexibility index (Phi) is 4.71. The van der Waals surface area contributed by atoms with Crippen molar-refractivity contribution >= 4 is 27.9 Å². The molecular weight excluding hydrogens is 384 g/mol. The summed E-state index contributed by atoms with van der Waals surface area (Å²) in [6.07, 6.45) is 0. The maximum Gasteiger partial charge on any atom is 0.160 e. The Morgan fingerprint density at radius 2 is 1.81 bits per heavy atom. The summed E-state index contributed by atoms with van der Waals surface area (Å²) in [5.41, 5.74) is 13.2. The molecule has 0 fully saturated rings. The summed E-state index contributed by atoms with van der Waals surface area (Å²) in [6, 6.07) is 21.6. The van der Waals surface area contributed by atoms with Gasteiger partial charge in [-0.3, -0.25) is 4.90 Å². The molecule has 0 spiro atoms. The van der Waals surface area contributed by atoms with Gasteiger partial charge in [-0.05, 0) is 56.3 Å². The molecule has 0 saturated carbocycles. The van der Waals surface area contributed by atoms with Crippen molar-refractivity contribution in [3.63, 3.8) is 0 Å². The zero-order valence-electron chi connectivity index (χ0n) is 18.0. The van der Waals surface area contributed by atoms with E-state index in [4.69, 9.17) is 5.73 Å². The second-order valence-electron chi connectivity index (χ2n) is 8.22. The number of hydrogen-bond donors (Lipinski definition) is 3. The van der Waals surface area contributed by atoms with Crippen molar-refractivity contribution in [2.45, 2.75) is 26.4 Å². The molecule has 0 aliphatic carbocycles. The van der Waals surface area contributed by atoms with Crippen molar-refractivity contribution in [3.05, 3.63) is 77.6 Å². The molecule has 1 atom stereocenters. The summed E-state index contributed by atoms with van der Waals surface area (Å²) in [5, 5.41) is 1.17. The van der Waals surface area contributed by atoms with Crippen LogP contribution in [0.3, 0.4) is 0 Å². The molecule has 31 heavy (non-hydrogen) atoms. The first kappa shape index (κ1) is 19.3. The van der Waals surface area contributed by atoms with E-state index in [1.165, 1.54) is 16.5 Å². The van der Waals surface area contributed by atoms with E-state index < -0.39 is 0 Å². The van der Waals surface area contributed by atoms with E-state index in [1.54, 1.807) is 0 Å². The lowest BCUT2D eigenvalue weighted by atomic mass is 10.1. The molecule has 3 heterocycles. The third kappa shape index (κ3) is 3.66. The number of aryl methyl sites for hydroxylation is 1. The zero-order chi connectivity index (χ0) is 21.5. The van der Waals surface area contributed by atoms with E-state index in [1.807, 2.05) is 13.0 Å². The SMILES string of the molecule is Cc1nc2c(-c3cc4cc(CN(C)[C@@H](C)c5ccccc5)ccc4[nH]3)cc(N)nc2[nH]1. The van der Waals surface area contributed by atoms with E-state index in [2.05, 4.69) is 93.4 Å². The van der Waals surface area contributed by atoms with Crippen LogP contribution in [0.4, 0.5) is 5.82 Å². The lowest BCUT2D eigenvalue weighted by Gasteiger charge is -2.25. The first-order valence-electron chi connectivity index (χ1n) is 10.5. The van der Waals surface area contributed by atoms with Crippen molar-refractivity contribution in [1.82, 2.24) is 24.8 Å². The summed E-state index contributed by atoms with van der Waals surface area (Å²) in [7, 11) is 2.17. The van der Waals surface area contributed by atoms with Crippen molar-refractivity contribution in [1.29, 1.82) is 0 Å². The molecule has 0 aliphatic rings. The standard InChI is InChI=1S/C25H26N6/c1-15(18-7-5-4-6-8-18)31(3)14-17-9-10-21-19(11-17)12-22(29-21)20-13-23(26)30-25-24(20)27-16(2)28-25/h4-13,15,29H,14H2,1-3H3,(H3,26,27,28,30)/t15-/m0/s1. The number of nitrogens with one attached hydrogen (secondary N) is 2. The molecule has 0 unspecified atom stereocenters. The van der Waals surface area contributed by atoms with Gasteiger partial charge >= 0.3 is 0 Å². The highest BCUT2D eigenvalue weighted by Gasteiger charge is 2.15. The number of benzene rings is 2. The lowest BCUT2D eigenvalue weighted by molar-refractivity contribution is 0.253. The Morgan fingerprint density at radius 3 is 2.61 bits per heavy atom. The smallest absolute Gasteiger partial charge is 0.160 e. The van der Waals surface area contributed by atoms with Crippen LogP contribution < -0.4 is 5.73 Å². The maximum atomic E-state index is 6.04. The van der Waals surface area contributed by atoms with E-state index in [9.17, 15) is 0 Å². The number of pyridine rings is 1. The van der Waals surface area contributed by atoms with Gasteiger partial charge in [-0.15, -0.1) is 0 Å². The van der Waals surface area contributed by atoms with Crippen LogP contribution in [0.15, 0.2) is 60.7 Å². The van der Waals surface area contributed by atoms with Crippen LogP contribution in [0.25, 0.3) is 33.3 Å². The maximum absolute atomic E-state index is 6.04. The molecule has 0 bridgehead atoms. The normalized spacial score (nSPS) is 12.8. The van der Waals surface area contributed by atoms with Crippen molar-refractivity contribution in [3.8, 4) is 11.3 Å². The number of nitrogens with two attached hydrogens (primary N) is 1. The highest BCUT2D eigenvalue weighted by Crippen LogP contribution is 2.31. The second kappa shape index (κ2) is 7.56. The third-order valence-electron chi connectivity index (χ3n) is 5.94. The van der Waals surface area contributed by atoms with Crippen LogP contribution in [0.5, 0.6) is 0 Å². The van der Waals surface area contributed by atoms with E-state index in [0.717, 1.165) is 34.7 Å². The van der Waals surface area contributed by atoms with Crippen LogP contribution in [0.1, 0.15) is 29.9 Å². The first-order chi connectivity index (χ1) is 15.0. The molecule has 5 aromatic rings. The van der Waals surface area contributed by atoms with Gasteiger partial charge in [0.25, 0.3) is 0 Å². The number of imidazole rings is 1. The highest BCUT2D eigenvalue weighted by molar-refractivity contribution is 5.95. The van der Waals surface area contributed by atoms with Gasteiger partial charge in [0.2, 0.25) is 0 Å². The number of aromatic nitrogens is 4. The summed E-state index contributed by atoms with van der Waals surface area (Å²) in [6.45, 7) is 5.04. The number of H-pyrrole nitrogens is 2. The molecule has 0 radical (unpaired) electrons. The number of rotatable bonds is 5. The Bertz CT molecular complexity index is 1370. The average molecular weight is 411 g/mol.